The minimum atomic E-state index is -3.84. The number of nitrogens with zero attached hydrogens (tertiary/aromatic N) is 1. The summed E-state index contributed by atoms with van der Waals surface area (Å²) in [6, 6.07) is 16.1. The highest BCUT2D eigenvalue weighted by atomic mass is 32.2. The molecule has 0 bridgehead atoms. The Morgan fingerprint density at radius 1 is 1.06 bits per heavy atom. The molecule has 0 fully saturated rings. The van der Waals surface area contributed by atoms with Crippen LogP contribution in [0.3, 0.4) is 0 Å². The van der Waals surface area contributed by atoms with E-state index in [1.54, 1.807) is 60.0 Å². The topological polar surface area (TPSA) is 65.4 Å². The van der Waals surface area contributed by atoms with Crippen LogP contribution in [-0.2, 0) is 32.3 Å². The quantitative estimate of drug-likeness (QED) is 0.291. The van der Waals surface area contributed by atoms with Crippen molar-refractivity contribution in [1.29, 1.82) is 0 Å². The van der Waals surface area contributed by atoms with Crippen molar-refractivity contribution in [2.45, 2.75) is 41.5 Å². The third kappa shape index (κ3) is 4.23. The number of halogens is 1. The molecule has 1 aromatic heterocycles. The van der Waals surface area contributed by atoms with Gasteiger partial charge in [0.25, 0.3) is 0 Å². The molecule has 0 saturated carbocycles. The number of fused-ring (bicyclic) bond motifs is 1. The van der Waals surface area contributed by atoms with Gasteiger partial charge in [0.15, 0.2) is 0 Å². The molecule has 0 spiro atoms. The highest BCUT2D eigenvalue weighted by molar-refractivity contribution is 7.91. The van der Waals surface area contributed by atoms with Gasteiger partial charge in [-0.2, -0.15) is 0 Å². The Kier molecular flexibility index (Phi) is 6.55. The van der Waals surface area contributed by atoms with Gasteiger partial charge in [0.05, 0.1) is 16.9 Å². The average molecular weight is 498 g/mol. The first kappa shape index (κ1) is 24.0. The molecular weight excluding hydrogens is 473 g/mol. The molecular formula is C26H24FNO4S2. The summed E-state index contributed by atoms with van der Waals surface area (Å²) in [6.45, 7) is 3.53. The molecule has 34 heavy (non-hydrogen) atoms. The number of thiol groups is 1. The number of esters is 1. The Morgan fingerprint density at radius 3 is 2.44 bits per heavy atom. The van der Waals surface area contributed by atoms with Crippen molar-refractivity contribution >= 4 is 39.3 Å². The summed E-state index contributed by atoms with van der Waals surface area (Å²) < 4.78 is 48.1. The van der Waals surface area contributed by atoms with Crippen molar-refractivity contribution in [1.82, 2.24) is 4.57 Å². The third-order valence-electron chi connectivity index (χ3n) is 6.08. The number of methoxy groups -OCH3 is 1. The second-order valence-electron chi connectivity index (χ2n) is 8.08. The van der Waals surface area contributed by atoms with Gasteiger partial charge in [-0.05, 0) is 66.9 Å². The fourth-order valence-corrected chi connectivity index (χ4v) is 6.31. The second-order valence-corrected chi connectivity index (χ2v) is 10.4. The first-order valence-electron chi connectivity index (χ1n) is 10.6. The number of carbonyl (C=O) groups is 1. The smallest absolute Gasteiger partial charge is 0.325 e. The number of hydrogen-bond acceptors (Lipinski definition) is 5. The highest BCUT2D eigenvalue weighted by Crippen LogP contribution is 2.35. The number of rotatable bonds is 6. The Balaban J connectivity index is 1.93. The Labute approximate surface area is 203 Å². The summed E-state index contributed by atoms with van der Waals surface area (Å²) in [5, 5.41) is 0.622. The summed E-state index contributed by atoms with van der Waals surface area (Å²) in [4.78, 5) is 13.0. The van der Waals surface area contributed by atoms with E-state index in [0.717, 1.165) is 11.3 Å². The van der Waals surface area contributed by atoms with Crippen LogP contribution in [0.25, 0.3) is 10.9 Å². The van der Waals surface area contributed by atoms with E-state index < -0.39 is 21.6 Å². The fourth-order valence-electron chi connectivity index (χ4n) is 4.30. The van der Waals surface area contributed by atoms with E-state index in [1.165, 1.54) is 19.2 Å². The maximum atomic E-state index is 14.2. The molecule has 5 nitrogen and oxygen atoms in total. The number of benzene rings is 3. The molecule has 176 valence electrons. The lowest BCUT2D eigenvalue weighted by Crippen LogP contribution is -2.13. The maximum Gasteiger partial charge on any atom is 0.325 e. The first-order chi connectivity index (χ1) is 16.1. The number of sulfone groups is 1. The molecule has 0 aliphatic heterocycles. The largest absolute Gasteiger partial charge is 0.468 e. The zero-order valence-corrected chi connectivity index (χ0v) is 20.7. The molecule has 0 atom stereocenters. The van der Waals surface area contributed by atoms with Gasteiger partial charge in [0.2, 0.25) is 9.84 Å². The van der Waals surface area contributed by atoms with Gasteiger partial charge in [-0.15, -0.1) is 12.6 Å². The monoisotopic (exact) mass is 497 g/mol. The van der Waals surface area contributed by atoms with Gasteiger partial charge in [-0.25, -0.2) is 12.8 Å². The van der Waals surface area contributed by atoms with Crippen molar-refractivity contribution < 1.29 is 22.3 Å². The molecule has 0 aliphatic rings. The van der Waals surface area contributed by atoms with Crippen LogP contribution in [0.4, 0.5) is 4.39 Å². The van der Waals surface area contributed by atoms with E-state index in [0.29, 0.717) is 26.9 Å². The Hall–Kier alpha value is -3.10. The Morgan fingerprint density at radius 2 is 1.76 bits per heavy atom. The molecule has 0 N–H and O–H groups in total. The number of aromatic nitrogens is 1. The summed E-state index contributed by atoms with van der Waals surface area (Å²) in [6.07, 6.45) is 0.232. The first-order valence-corrected chi connectivity index (χ1v) is 12.5. The van der Waals surface area contributed by atoms with Crippen LogP contribution in [0, 0.1) is 19.7 Å². The van der Waals surface area contributed by atoms with Crippen LogP contribution in [0.2, 0.25) is 0 Å². The van der Waals surface area contributed by atoms with E-state index >= 15 is 0 Å². The zero-order chi connectivity index (χ0) is 24.6. The van der Waals surface area contributed by atoms with Crippen LogP contribution >= 0.6 is 12.6 Å². The lowest BCUT2D eigenvalue weighted by atomic mass is 10.0. The van der Waals surface area contributed by atoms with Gasteiger partial charge in [0.1, 0.15) is 12.4 Å². The van der Waals surface area contributed by atoms with E-state index in [2.05, 4.69) is 12.6 Å². The third-order valence-corrected chi connectivity index (χ3v) is 8.56. The van der Waals surface area contributed by atoms with Gasteiger partial charge >= 0.3 is 5.97 Å². The molecule has 8 heteroatoms. The van der Waals surface area contributed by atoms with Crippen LogP contribution in [0.1, 0.15) is 22.4 Å². The summed E-state index contributed by atoms with van der Waals surface area (Å²) in [5.74, 6) is -0.846. The van der Waals surface area contributed by atoms with Crippen LogP contribution < -0.4 is 0 Å². The van der Waals surface area contributed by atoms with E-state index in [-0.39, 0.29) is 22.8 Å². The molecule has 4 aromatic rings. The molecule has 4 rings (SSSR count). The minimum Gasteiger partial charge on any atom is -0.468 e. The van der Waals surface area contributed by atoms with Crippen LogP contribution in [0.5, 0.6) is 0 Å². The van der Waals surface area contributed by atoms with Crippen LogP contribution in [-0.4, -0.2) is 26.1 Å². The molecule has 0 saturated heterocycles. The summed E-state index contributed by atoms with van der Waals surface area (Å²) in [7, 11) is -2.53. The number of carbonyl (C=O) groups excluding carboxylic acids is 1. The second kappa shape index (κ2) is 9.27. The van der Waals surface area contributed by atoms with Gasteiger partial charge in [0, 0.05) is 27.9 Å². The summed E-state index contributed by atoms with van der Waals surface area (Å²) in [5.41, 5.74) is 3.28. The van der Waals surface area contributed by atoms with Crippen molar-refractivity contribution in [2.24, 2.45) is 0 Å². The average Bonchev–Trinajstić information content (AvgIpc) is 3.06. The normalized spacial score (nSPS) is 11.7. The minimum absolute atomic E-state index is 0.0335. The molecule has 0 unspecified atom stereocenters. The zero-order valence-electron chi connectivity index (χ0n) is 19.0. The summed E-state index contributed by atoms with van der Waals surface area (Å²) >= 11 is 4.46. The lowest BCUT2D eigenvalue weighted by Gasteiger charge is -2.16. The molecule has 0 radical (unpaired) electrons. The van der Waals surface area contributed by atoms with Gasteiger partial charge in [-0.1, -0.05) is 24.3 Å². The van der Waals surface area contributed by atoms with E-state index in [9.17, 15) is 17.6 Å². The van der Waals surface area contributed by atoms with Crippen molar-refractivity contribution in [3.8, 4) is 0 Å². The SMILES string of the molecule is COC(=O)Cn1c(C)c(Cc2ccc(S)c(C)c2S(=O)(=O)c2ccccc2)c2cc(F)ccc21. The molecule has 1 heterocycles. The molecule has 0 amide bonds. The lowest BCUT2D eigenvalue weighted by molar-refractivity contribution is -0.141. The van der Waals surface area contributed by atoms with Crippen molar-refractivity contribution in [3.63, 3.8) is 0 Å². The number of hydrogen-bond donors (Lipinski definition) is 1. The Bertz CT molecular complexity index is 1510. The maximum absolute atomic E-state index is 14.2. The van der Waals surface area contributed by atoms with Crippen LogP contribution in [0.15, 0.2) is 75.4 Å². The highest BCUT2D eigenvalue weighted by Gasteiger charge is 2.26. The van der Waals surface area contributed by atoms with Crippen molar-refractivity contribution in [2.75, 3.05) is 7.11 Å². The van der Waals surface area contributed by atoms with Gasteiger partial charge in [-0.3, -0.25) is 4.79 Å². The predicted molar refractivity (Wildman–Crippen MR) is 132 cm³/mol. The predicted octanol–water partition coefficient (Wildman–Crippen LogP) is 5.28. The van der Waals surface area contributed by atoms with Gasteiger partial charge < -0.3 is 9.30 Å². The standard InChI is InChI=1S/C26H24FNO4S2/c1-16-24(33)12-9-18(26(16)34(30,31)20-7-5-4-6-8-20)13-21-17(2)28(15-25(29)32-3)23-11-10-19(27)14-22(21)23/h4-12,14,33H,13,15H2,1-3H3. The van der Waals surface area contributed by atoms with E-state index in [1.807, 2.05) is 6.92 Å². The van der Waals surface area contributed by atoms with E-state index in [4.69, 9.17) is 4.74 Å². The number of ether oxygens (including phenoxy) is 1. The molecule has 3 aromatic carbocycles. The van der Waals surface area contributed by atoms with Crippen molar-refractivity contribution in [3.05, 3.63) is 88.9 Å². The molecule has 0 aliphatic carbocycles. The fraction of sp³-hybridized carbons (Fsp3) is 0.192.